The minimum Gasteiger partial charge on any atom is -0.279 e. The molecule has 0 aliphatic carbocycles. The minimum atomic E-state index is -4.22. The number of nitrogens with zero attached hydrogens (tertiary/aromatic N) is 2. The Labute approximate surface area is 179 Å². The minimum absolute atomic E-state index is 0.0187. The zero-order valence-corrected chi connectivity index (χ0v) is 18.4. The van der Waals surface area contributed by atoms with Gasteiger partial charge in [-0.15, -0.1) is 0 Å². The summed E-state index contributed by atoms with van der Waals surface area (Å²) in [6.45, 7) is 2.47. The number of benzene rings is 2. The number of halogens is 1. The van der Waals surface area contributed by atoms with Crippen LogP contribution in [0.5, 0.6) is 0 Å². The summed E-state index contributed by atoms with van der Waals surface area (Å²) >= 11 is 5.74. The molecule has 1 aliphatic heterocycles. The van der Waals surface area contributed by atoms with Crippen LogP contribution in [0.2, 0.25) is 5.02 Å². The van der Waals surface area contributed by atoms with Crippen LogP contribution in [-0.4, -0.2) is 39.2 Å². The van der Waals surface area contributed by atoms with Gasteiger partial charge in [0.25, 0.3) is 15.7 Å². The van der Waals surface area contributed by atoms with Gasteiger partial charge in [0.1, 0.15) is 5.02 Å². The van der Waals surface area contributed by atoms with E-state index in [1.165, 1.54) is 22.5 Å². The van der Waals surface area contributed by atoms with Gasteiger partial charge in [-0.05, 0) is 49.6 Å². The van der Waals surface area contributed by atoms with E-state index in [0.717, 1.165) is 37.5 Å². The Bertz CT molecular complexity index is 1190. The molecule has 3 rings (SSSR count). The molecular weight excluding hydrogens is 454 g/mol. The van der Waals surface area contributed by atoms with Crippen LogP contribution in [-0.2, 0) is 20.0 Å². The molecule has 0 spiro atoms. The fourth-order valence-electron chi connectivity index (χ4n) is 3.13. The third-order valence-electron chi connectivity index (χ3n) is 4.83. The zero-order chi connectivity index (χ0) is 22.1. The van der Waals surface area contributed by atoms with Gasteiger partial charge in [-0.3, -0.25) is 14.8 Å². The molecule has 0 aromatic heterocycles. The molecule has 0 atom stereocenters. The molecule has 1 fully saturated rings. The topological polar surface area (TPSA) is 127 Å². The fraction of sp³-hybridized carbons (Fsp3) is 0.333. The first-order chi connectivity index (χ1) is 14.0. The molecule has 0 unspecified atom stereocenters. The van der Waals surface area contributed by atoms with E-state index in [1.54, 1.807) is 6.92 Å². The number of aryl methyl sites for hydroxylation is 1. The maximum absolute atomic E-state index is 12.9. The quantitative estimate of drug-likeness (QED) is 0.505. The second kappa shape index (κ2) is 8.50. The summed E-state index contributed by atoms with van der Waals surface area (Å²) in [6.07, 6.45) is 2.53. The number of rotatable bonds is 6. The summed E-state index contributed by atoms with van der Waals surface area (Å²) < 4.78 is 55.1. The third kappa shape index (κ3) is 4.59. The molecule has 1 heterocycles. The summed E-state index contributed by atoms with van der Waals surface area (Å²) in [5.74, 6) is 0. The Morgan fingerprint density at radius 3 is 2.27 bits per heavy atom. The average Bonchev–Trinajstić information content (AvgIpc) is 2.70. The first kappa shape index (κ1) is 22.5. The Hall–Kier alpha value is -2.21. The van der Waals surface area contributed by atoms with Gasteiger partial charge in [-0.2, -0.15) is 4.31 Å². The summed E-state index contributed by atoms with van der Waals surface area (Å²) in [6, 6.07) is 7.33. The lowest BCUT2D eigenvalue weighted by Crippen LogP contribution is -2.35. The van der Waals surface area contributed by atoms with Crippen LogP contribution in [0.25, 0.3) is 0 Å². The Morgan fingerprint density at radius 2 is 1.63 bits per heavy atom. The van der Waals surface area contributed by atoms with E-state index in [2.05, 4.69) is 4.72 Å². The van der Waals surface area contributed by atoms with Crippen LogP contribution in [0.3, 0.4) is 0 Å². The number of anilines is 1. The van der Waals surface area contributed by atoms with Crippen molar-refractivity contribution in [1.29, 1.82) is 0 Å². The highest BCUT2D eigenvalue weighted by atomic mass is 35.5. The van der Waals surface area contributed by atoms with Gasteiger partial charge in [0.05, 0.1) is 20.4 Å². The second-order valence-corrected chi connectivity index (χ2v) is 10.9. The predicted octanol–water partition coefficient (Wildman–Crippen LogP) is 3.53. The van der Waals surface area contributed by atoms with Crippen LogP contribution in [0.4, 0.5) is 11.4 Å². The monoisotopic (exact) mass is 473 g/mol. The zero-order valence-electron chi connectivity index (χ0n) is 16.0. The molecule has 2 aromatic carbocycles. The van der Waals surface area contributed by atoms with Crippen molar-refractivity contribution >= 4 is 43.0 Å². The number of nitro benzene ring substituents is 1. The molecule has 2 aromatic rings. The number of nitro groups is 1. The SMILES string of the molecule is Cc1ccc(S(=O)(=O)N2CCCCC2)cc1NS(=O)(=O)c1ccc(Cl)c([N+](=O)[O-])c1. The standard InChI is InChI=1S/C18H20ClN3O6S2/c1-13-5-6-15(30(27,28)21-9-3-2-4-10-21)11-17(13)20-29(25,26)14-7-8-16(19)18(12-14)22(23)24/h5-8,11-12,20H,2-4,9-10H2,1H3. The van der Waals surface area contributed by atoms with Gasteiger partial charge in [0.2, 0.25) is 10.0 Å². The van der Waals surface area contributed by atoms with E-state index in [9.17, 15) is 26.9 Å². The molecule has 1 aliphatic rings. The van der Waals surface area contributed by atoms with Gasteiger partial charge < -0.3 is 0 Å². The van der Waals surface area contributed by atoms with Crippen molar-refractivity contribution in [1.82, 2.24) is 4.31 Å². The molecule has 30 heavy (non-hydrogen) atoms. The van der Waals surface area contributed by atoms with E-state index >= 15 is 0 Å². The smallest absolute Gasteiger partial charge is 0.279 e. The molecule has 0 bridgehead atoms. The van der Waals surface area contributed by atoms with Gasteiger partial charge in [0, 0.05) is 19.2 Å². The van der Waals surface area contributed by atoms with Crippen molar-refractivity contribution in [3.8, 4) is 0 Å². The normalized spacial score (nSPS) is 15.7. The first-order valence-electron chi connectivity index (χ1n) is 9.10. The van der Waals surface area contributed by atoms with Gasteiger partial charge in [-0.25, -0.2) is 16.8 Å². The number of sulfonamides is 2. The molecule has 9 nitrogen and oxygen atoms in total. The Morgan fingerprint density at radius 1 is 1.00 bits per heavy atom. The number of nitrogens with one attached hydrogen (secondary N) is 1. The van der Waals surface area contributed by atoms with Crippen LogP contribution in [0, 0.1) is 17.0 Å². The van der Waals surface area contributed by atoms with Crippen molar-refractivity contribution < 1.29 is 21.8 Å². The molecular formula is C18H20ClN3O6S2. The van der Waals surface area contributed by atoms with Gasteiger partial charge in [-0.1, -0.05) is 24.1 Å². The van der Waals surface area contributed by atoms with E-state index in [1.807, 2.05) is 0 Å². The molecule has 1 saturated heterocycles. The van der Waals surface area contributed by atoms with Crippen LogP contribution < -0.4 is 4.72 Å². The first-order valence-corrected chi connectivity index (χ1v) is 12.4. The van der Waals surface area contributed by atoms with E-state index in [4.69, 9.17) is 11.6 Å². The van der Waals surface area contributed by atoms with Crippen LogP contribution in [0.1, 0.15) is 24.8 Å². The summed E-state index contributed by atoms with van der Waals surface area (Å²) in [5, 5.41) is 10.9. The highest BCUT2D eigenvalue weighted by molar-refractivity contribution is 7.92. The third-order valence-corrected chi connectivity index (χ3v) is 8.41. The summed E-state index contributed by atoms with van der Waals surface area (Å²) in [4.78, 5) is 9.90. The lowest BCUT2D eigenvalue weighted by Gasteiger charge is -2.26. The average molecular weight is 474 g/mol. The van der Waals surface area contributed by atoms with Crippen molar-refractivity contribution in [2.24, 2.45) is 0 Å². The van der Waals surface area contributed by atoms with Crippen LogP contribution in [0.15, 0.2) is 46.2 Å². The molecule has 12 heteroatoms. The van der Waals surface area contributed by atoms with Gasteiger partial charge in [0.15, 0.2) is 0 Å². The molecule has 0 radical (unpaired) electrons. The lowest BCUT2D eigenvalue weighted by molar-refractivity contribution is -0.384. The summed E-state index contributed by atoms with van der Waals surface area (Å²) in [5.41, 5.74) is 0.0306. The molecule has 0 amide bonds. The molecule has 1 N–H and O–H groups in total. The van der Waals surface area contributed by atoms with Crippen molar-refractivity contribution in [2.45, 2.75) is 36.0 Å². The maximum Gasteiger partial charge on any atom is 0.289 e. The molecule has 0 saturated carbocycles. The summed E-state index contributed by atoms with van der Waals surface area (Å²) in [7, 11) is -7.97. The van der Waals surface area contributed by atoms with Crippen molar-refractivity contribution in [3.05, 3.63) is 57.1 Å². The molecule has 162 valence electrons. The number of hydrogen-bond donors (Lipinski definition) is 1. The van der Waals surface area contributed by atoms with E-state index in [0.29, 0.717) is 18.7 Å². The Kier molecular flexibility index (Phi) is 6.37. The van der Waals surface area contributed by atoms with Crippen molar-refractivity contribution in [3.63, 3.8) is 0 Å². The number of piperidine rings is 1. The Balaban J connectivity index is 1.96. The highest BCUT2D eigenvalue weighted by Crippen LogP contribution is 2.30. The maximum atomic E-state index is 12.9. The number of hydrogen-bond acceptors (Lipinski definition) is 6. The highest BCUT2D eigenvalue weighted by Gasteiger charge is 2.27. The van der Waals surface area contributed by atoms with E-state index < -0.39 is 30.7 Å². The van der Waals surface area contributed by atoms with E-state index in [-0.39, 0.29) is 20.5 Å². The lowest BCUT2D eigenvalue weighted by atomic mass is 10.2. The second-order valence-electron chi connectivity index (χ2n) is 6.92. The largest absolute Gasteiger partial charge is 0.289 e. The van der Waals surface area contributed by atoms with Crippen molar-refractivity contribution in [2.75, 3.05) is 17.8 Å². The fourth-order valence-corrected chi connectivity index (χ4v) is 6.00. The van der Waals surface area contributed by atoms with Gasteiger partial charge >= 0.3 is 0 Å². The predicted molar refractivity (Wildman–Crippen MR) is 113 cm³/mol. The van der Waals surface area contributed by atoms with Crippen LogP contribution >= 0.6 is 11.6 Å².